The van der Waals surface area contributed by atoms with E-state index >= 15 is 0 Å². The molecule has 0 unspecified atom stereocenters. The van der Waals surface area contributed by atoms with Crippen molar-refractivity contribution >= 4 is 46.2 Å². The van der Waals surface area contributed by atoms with E-state index in [0.717, 1.165) is 18.6 Å². The number of rotatable bonds is 9. The number of hydrogen-bond acceptors (Lipinski definition) is 4. The lowest BCUT2D eigenvalue weighted by Crippen LogP contribution is -2.22. The van der Waals surface area contributed by atoms with Crippen molar-refractivity contribution in [2.45, 2.75) is 45.7 Å². The number of fused-ring (bicyclic) bond motifs is 1. The summed E-state index contributed by atoms with van der Waals surface area (Å²) in [5.41, 5.74) is -0.935. The molecule has 3 aromatic carbocycles. The zero-order valence-corrected chi connectivity index (χ0v) is 23.8. The first kappa shape index (κ1) is 31.5. The van der Waals surface area contributed by atoms with Gasteiger partial charge >= 0.3 is 17.8 Å². The number of carboxylic acid groups (broad SMARTS) is 1. The molecule has 0 fully saturated rings. The van der Waals surface area contributed by atoms with Crippen molar-refractivity contribution in [1.82, 2.24) is 0 Å². The highest BCUT2D eigenvalue weighted by atomic mass is 35.5. The van der Waals surface area contributed by atoms with E-state index in [0.29, 0.717) is 39.9 Å². The highest BCUT2D eigenvalue weighted by molar-refractivity contribution is 6.32. The number of carbonyl (C=O) groups is 2. The van der Waals surface area contributed by atoms with Crippen molar-refractivity contribution in [3.63, 3.8) is 0 Å². The molecule has 0 radical (unpaired) electrons. The number of benzene rings is 3. The predicted molar refractivity (Wildman–Crippen MR) is 157 cm³/mol. The SMILES string of the molecule is CCCCC(=Cc1cccc(-c2c(CC(=O)Nc3ccc(F)cc3C(F)(F)F)c(=O)oc3cc(Cl)c(C)cc23)c1)C(=O)O. The van der Waals surface area contributed by atoms with E-state index in [9.17, 15) is 37.1 Å². The van der Waals surface area contributed by atoms with Gasteiger partial charge in [0.1, 0.15) is 11.4 Å². The largest absolute Gasteiger partial charge is 0.478 e. The van der Waals surface area contributed by atoms with Crippen molar-refractivity contribution in [1.29, 1.82) is 0 Å². The minimum absolute atomic E-state index is 0.118. The van der Waals surface area contributed by atoms with Crippen LogP contribution in [0.25, 0.3) is 28.2 Å². The van der Waals surface area contributed by atoms with Crippen molar-refractivity contribution in [3.8, 4) is 11.1 Å². The Morgan fingerprint density at radius 2 is 1.84 bits per heavy atom. The van der Waals surface area contributed by atoms with Crippen molar-refractivity contribution < 1.29 is 36.7 Å². The second-order valence-electron chi connectivity index (χ2n) is 9.96. The molecule has 0 aliphatic heterocycles. The Hall–Kier alpha value is -4.44. The summed E-state index contributed by atoms with van der Waals surface area (Å²) < 4.78 is 59.6. The van der Waals surface area contributed by atoms with E-state index in [4.69, 9.17) is 16.0 Å². The molecule has 0 bridgehead atoms. The van der Waals surface area contributed by atoms with Crippen LogP contribution in [0.2, 0.25) is 5.02 Å². The van der Waals surface area contributed by atoms with Gasteiger partial charge in [0.15, 0.2) is 0 Å². The van der Waals surface area contributed by atoms with Crippen LogP contribution in [0, 0.1) is 12.7 Å². The number of anilines is 1. The van der Waals surface area contributed by atoms with Crippen LogP contribution in [0.3, 0.4) is 0 Å². The van der Waals surface area contributed by atoms with Gasteiger partial charge in [0.05, 0.1) is 23.2 Å². The molecule has 0 atom stereocenters. The molecule has 0 saturated carbocycles. The number of amides is 1. The Kier molecular flexibility index (Phi) is 9.40. The molecule has 0 aliphatic carbocycles. The number of alkyl halides is 3. The Labute approximate surface area is 248 Å². The van der Waals surface area contributed by atoms with E-state index in [2.05, 4.69) is 5.32 Å². The van der Waals surface area contributed by atoms with Crippen LogP contribution in [-0.2, 0) is 22.2 Å². The minimum atomic E-state index is -4.95. The lowest BCUT2D eigenvalue weighted by Gasteiger charge is -2.16. The van der Waals surface area contributed by atoms with Gasteiger partial charge in [-0.25, -0.2) is 14.0 Å². The van der Waals surface area contributed by atoms with E-state index in [1.807, 2.05) is 6.92 Å². The number of aliphatic carboxylic acids is 1. The molecular weight excluding hydrogens is 590 g/mol. The molecule has 1 amide bonds. The van der Waals surface area contributed by atoms with Crippen LogP contribution in [-0.4, -0.2) is 17.0 Å². The molecule has 0 saturated heterocycles. The summed E-state index contributed by atoms with van der Waals surface area (Å²) in [4.78, 5) is 38.1. The molecule has 43 heavy (non-hydrogen) atoms. The maximum absolute atomic E-state index is 13.6. The monoisotopic (exact) mass is 615 g/mol. The van der Waals surface area contributed by atoms with Crippen molar-refractivity contribution in [2.75, 3.05) is 5.32 Å². The molecule has 1 heterocycles. The summed E-state index contributed by atoms with van der Waals surface area (Å²) >= 11 is 6.26. The quantitative estimate of drug-likeness (QED) is 0.112. The van der Waals surface area contributed by atoms with Crippen molar-refractivity contribution in [2.24, 2.45) is 0 Å². The van der Waals surface area contributed by atoms with Gasteiger partial charge in [-0.2, -0.15) is 13.2 Å². The van der Waals surface area contributed by atoms with E-state index < -0.39 is 47.2 Å². The zero-order chi connectivity index (χ0) is 31.5. The molecule has 224 valence electrons. The van der Waals surface area contributed by atoms with Gasteiger partial charge < -0.3 is 14.8 Å². The number of hydrogen-bond donors (Lipinski definition) is 2. The first-order chi connectivity index (χ1) is 20.3. The summed E-state index contributed by atoms with van der Waals surface area (Å²) in [6.07, 6.45) is -2.29. The molecule has 6 nitrogen and oxygen atoms in total. The summed E-state index contributed by atoms with van der Waals surface area (Å²) in [5.74, 6) is -3.17. The average Bonchev–Trinajstić information content (AvgIpc) is 2.93. The van der Waals surface area contributed by atoms with Gasteiger partial charge in [-0.3, -0.25) is 4.79 Å². The zero-order valence-electron chi connectivity index (χ0n) is 23.1. The van der Waals surface area contributed by atoms with Crippen LogP contribution < -0.4 is 10.9 Å². The summed E-state index contributed by atoms with van der Waals surface area (Å²) in [7, 11) is 0. The van der Waals surface area contributed by atoms with E-state index in [1.165, 1.54) is 12.1 Å². The molecule has 0 spiro atoms. The van der Waals surface area contributed by atoms with Gasteiger partial charge in [0.25, 0.3) is 0 Å². The second kappa shape index (κ2) is 12.8. The fraction of sp³-hybridized carbons (Fsp3) is 0.219. The van der Waals surface area contributed by atoms with E-state index in [1.54, 1.807) is 37.3 Å². The molecule has 0 aliphatic rings. The minimum Gasteiger partial charge on any atom is -0.478 e. The Bertz CT molecular complexity index is 1810. The van der Waals surface area contributed by atoms with Crippen LogP contribution in [0.5, 0.6) is 0 Å². The standard InChI is InChI=1S/C32H26ClF4NO5/c1-3-4-7-20(30(40)41)13-18-6-5-8-19(12-18)29-22-11-17(2)25(33)16-27(22)43-31(42)23(29)15-28(39)38-26-10-9-21(34)14-24(26)32(35,36)37/h5-6,8-14,16H,3-4,7,15H2,1-2H3,(H,38,39)(H,40,41). The number of carboxylic acids is 1. The van der Waals surface area contributed by atoms with Crippen LogP contribution in [0.15, 0.2) is 69.4 Å². The fourth-order valence-electron chi connectivity index (χ4n) is 4.67. The lowest BCUT2D eigenvalue weighted by atomic mass is 9.93. The molecule has 4 rings (SSSR count). The van der Waals surface area contributed by atoms with Gasteiger partial charge in [-0.15, -0.1) is 0 Å². The molecular formula is C32H26ClF4NO5. The molecule has 4 aromatic rings. The smallest absolute Gasteiger partial charge is 0.418 e. The first-order valence-electron chi connectivity index (χ1n) is 13.2. The maximum atomic E-state index is 13.6. The van der Waals surface area contributed by atoms with Crippen LogP contribution in [0.1, 0.15) is 48.4 Å². The fourth-order valence-corrected chi connectivity index (χ4v) is 4.82. The van der Waals surface area contributed by atoms with Crippen molar-refractivity contribution in [3.05, 3.63) is 104 Å². The number of carbonyl (C=O) groups excluding carboxylic acids is 1. The van der Waals surface area contributed by atoms with Crippen LogP contribution >= 0.6 is 11.6 Å². The normalized spacial score (nSPS) is 12.0. The average molecular weight is 616 g/mol. The highest BCUT2D eigenvalue weighted by Gasteiger charge is 2.34. The molecule has 2 N–H and O–H groups in total. The molecule has 11 heteroatoms. The third-order valence-electron chi connectivity index (χ3n) is 6.77. The van der Waals surface area contributed by atoms with E-state index in [-0.39, 0.29) is 28.3 Å². The number of halogens is 5. The van der Waals surface area contributed by atoms with Gasteiger partial charge in [-0.1, -0.05) is 43.1 Å². The summed E-state index contributed by atoms with van der Waals surface area (Å²) in [5, 5.41) is 12.5. The predicted octanol–water partition coefficient (Wildman–Crippen LogP) is 8.42. The Morgan fingerprint density at radius 1 is 1.09 bits per heavy atom. The van der Waals surface area contributed by atoms with Crippen LogP contribution in [0.4, 0.5) is 23.2 Å². The Balaban J connectivity index is 1.86. The second-order valence-corrected chi connectivity index (χ2v) is 10.4. The number of aryl methyl sites for hydroxylation is 1. The topological polar surface area (TPSA) is 96.6 Å². The number of nitrogens with one attached hydrogen (secondary N) is 1. The molecule has 1 aromatic heterocycles. The third-order valence-corrected chi connectivity index (χ3v) is 7.18. The van der Waals surface area contributed by atoms with Gasteiger partial charge in [0.2, 0.25) is 5.91 Å². The Morgan fingerprint density at radius 3 is 2.51 bits per heavy atom. The first-order valence-corrected chi connectivity index (χ1v) is 13.6. The third kappa shape index (κ3) is 7.32. The highest BCUT2D eigenvalue weighted by Crippen LogP contribution is 2.37. The summed E-state index contributed by atoms with van der Waals surface area (Å²) in [6.45, 7) is 3.67. The number of unbranched alkanes of at least 4 members (excludes halogenated alkanes) is 1. The lowest BCUT2D eigenvalue weighted by molar-refractivity contribution is -0.137. The maximum Gasteiger partial charge on any atom is 0.418 e. The van der Waals surface area contributed by atoms with Gasteiger partial charge in [0, 0.05) is 27.6 Å². The van der Waals surface area contributed by atoms with Gasteiger partial charge in [-0.05, 0) is 72.9 Å². The summed E-state index contributed by atoms with van der Waals surface area (Å²) in [6, 6.07) is 11.6.